The molecular weight excluding hydrogens is 444 g/mol. The molecule has 1 N–H and O–H groups in total. The molecule has 0 aliphatic carbocycles. The molecule has 3 amide bonds. The van der Waals surface area contributed by atoms with Crippen LogP contribution in [0.4, 0.5) is 0 Å². The van der Waals surface area contributed by atoms with E-state index in [9.17, 15) is 14.4 Å². The summed E-state index contributed by atoms with van der Waals surface area (Å²) in [6.45, 7) is 3.76. The summed E-state index contributed by atoms with van der Waals surface area (Å²) in [5.41, 5.74) is 2.71. The number of rotatable bonds is 7. The molecule has 0 bridgehead atoms. The first-order valence-electron chi connectivity index (χ1n) is 11.9. The molecule has 2 aromatic carbocycles. The van der Waals surface area contributed by atoms with E-state index in [2.05, 4.69) is 17.2 Å². The Bertz CT molecular complexity index is 1220. The number of carbonyl (C=O) groups is 3. The second-order valence-electron chi connectivity index (χ2n) is 8.53. The number of ether oxygens (including phenoxy) is 1. The molecule has 2 heterocycles. The van der Waals surface area contributed by atoms with Gasteiger partial charge in [0.25, 0.3) is 11.8 Å². The number of amides is 3. The van der Waals surface area contributed by atoms with Crippen molar-refractivity contribution in [1.29, 1.82) is 0 Å². The fourth-order valence-electron chi connectivity index (χ4n) is 4.23. The Kier molecular flexibility index (Phi) is 7.60. The summed E-state index contributed by atoms with van der Waals surface area (Å²) in [6.07, 6.45) is 2.06. The van der Waals surface area contributed by atoms with Gasteiger partial charge in [-0.15, -0.1) is 0 Å². The molecular formula is C27H30N4O4. The molecule has 4 rings (SSSR count). The van der Waals surface area contributed by atoms with E-state index in [1.54, 1.807) is 29.0 Å². The van der Waals surface area contributed by atoms with Crippen LogP contribution in [0.2, 0.25) is 0 Å². The van der Waals surface area contributed by atoms with Gasteiger partial charge < -0.3 is 19.9 Å². The number of methoxy groups -OCH3 is 1. The summed E-state index contributed by atoms with van der Waals surface area (Å²) in [7, 11) is 1.54. The van der Waals surface area contributed by atoms with Gasteiger partial charge in [0.1, 0.15) is 11.4 Å². The standard InChI is InChI=1S/C27H30N4O4/c1-3-6-19-9-11-20(12-10-19)27(34)31-15-13-30(14-16-31)25(32)18-28-26(33)23-17-24(35-2)21-7-4-5-8-22(21)29-23/h4-5,7-12,17H,3,6,13-16,18H2,1-2H3,(H,28,33). The Hall–Kier alpha value is -3.94. The first-order chi connectivity index (χ1) is 17.0. The molecule has 1 aliphatic rings. The Labute approximate surface area is 204 Å². The average molecular weight is 475 g/mol. The van der Waals surface area contributed by atoms with E-state index in [0.29, 0.717) is 43.0 Å². The number of para-hydroxylation sites is 1. The van der Waals surface area contributed by atoms with Gasteiger partial charge in [-0.3, -0.25) is 14.4 Å². The maximum atomic E-state index is 12.8. The maximum Gasteiger partial charge on any atom is 0.270 e. The van der Waals surface area contributed by atoms with Crippen molar-refractivity contribution in [3.05, 3.63) is 71.4 Å². The summed E-state index contributed by atoms with van der Waals surface area (Å²) in [5.74, 6) is -0.109. The molecule has 1 fully saturated rings. The number of nitrogens with zero attached hydrogens (tertiary/aromatic N) is 3. The normalized spacial score (nSPS) is 13.5. The lowest BCUT2D eigenvalue weighted by atomic mass is 10.1. The van der Waals surface area contributed by atoms with Gasteiger partial charge in [-0.2, -0.15) is 0 Å². The second-order valence-corrected chi connectivity index (χ2v) is 8.53. The molecule has 182 valence electrons. The highest BCUT2D eigenvalue weighted by atomic mass is 16.5. The van der Waals surface area contributed by atoms with E-state index < -0.39 is 5.91 Å². The molecule has 35 heavy (non-hydrogen) atoms. The van der Waals surface area contributed by atoms with Crippen LogP contribution in [0.25, 0.3) is 10.9 Å². The van der Waals surface area contributed by atoms with Gasteiger partial charge in [0.2, 0.25) is 5.91 Å². The van der Waals surface area contributed by atoms with Crippen LogP contribution < -0.4 is 10.1 Å². The van der Waals surface area contributed by atoms with Crippen molar-refractivity contribution in [2.24, 2.45) is 0 Å². The van der Waals surface area contributed by atoms with Crippen LogP contribution >= 0.6 is 0 Å². The smallest absolute Gasteiger partial charge is 0.270 e. The first-order valence-corrected chi connectivity index (χ1v) is 11.9. The van der Waals surface area contributed by atoms with E-state index >= 15 is 0 Å². The van der Waals surface area contributed by atoms with Crippen LogP contribution in [-0.4, -0.2) is 72.3 Å². The van der Waals surface area contributed by atoms with Gasteiger partial charge in [-0.25, -0.2) is 4.98 Å². The number of hydrogen-bond acceptors (Lipinski definition) is 5. The van der Waals surface area contributed by atoms with Crippen molar-refractivity contribution in [1.82, 2.24) is 20.1 Å². The second kappa shape index (κ2) is 11.0. The number of aromatic nitrogens is 1. The van der Waals surface area contributed by atoms with Crippen molar-refractivity contribution < 1.29 is 19.1 Å². The van der Waals surface area contributed by atoms with Gasteiger partial charge >= 0.3 is 0 Å². The lowest BCUT2D eigenvalue weighted by Crippen LogP contribution is -2.52. The van der Waals surface area contributed by atoms with Crippen molar-refractivity contribution >= 4 is 28.6 Å². The summed E-state index contributed by atoms with van der Waals surface area (Å²) in [4.78, 5) is 46.0. The Balaban J connectivity index is 1.29. The average Bonchev–Trinajstić information content (AvgIpc) is 2.91. The summed E-state index contributed by atoms with van der Waals surface area (Å²) in [5, 5.41) is 3.47. The lowest BCUT2D eigenvalue weighted by molar-refractivity contribution is -0.131. The van der Waals surface area contributed by atoms with Crippen molar-refractivity contribution in [3.8, 4) is 5.75 Å². The topological polar surface area (TPSA) is 91.8 Å². The lowest BCUT2D eigenvalue weighted by Gasteiger charge is -2.35. The highest BCUT2D eigenvalue weighted by molar-refractivity contribution is 5.98. The van der Waals surface area contributed by atoms with E-state index in [1.165, 1.54) is 5.56 Å². The van der Waals surface area contributed by atoms with E-state index in [0.717, 1.165) is 18.2 Å². The van der Waals surface area contributed by atoms with Crippen LogP contribution in [0.3, 0.4) is 0 Å². The number of carbonyl (C=O) groups excluding carboxylic acids is 3. The molecule has 1 saturated heterocycles. The minimum Gasteiger partial charge on any atom is -0.496 e. The Morgan fingerprint density at radius 2 is 1.66 bits per heavy atom. The highest BCUT2D eigenvalue weighted by Gasteiger charge is 2.25. The Morgan fingerprint density at radius 1 is 0.971 bits per heavy atom. The monoisotopic (exact) mass is 474 g/mol. The van der Waals surface area contributed by atoms with Gasteiger partial charge in [-0.05, 0) is 36.2 Å². The number of piperazine rings is 1. The molecule has 1 aliphatic heterocycles. The number of fused-ring (bicyclic) bond motifs is 1. The molecule has 8 nitrogen and oxygen atoms in total. The number of aryl methyl sites for hydroxylation is 1. The third kappa shape index (κ3) is 5.59. The molecule has 3 aromatic rings. The molecule has 8 heteroatoms. The maximum absolute atomic E-state index is 12.8. The minimum absolute atomic E-state index is 0.0234. The van der Waals surface area contributed by atoms with Crippen molar-refractivity contribution in [3.63, 3.8) is 0 Å². The van der Waals surface area contributed by atoms with Crippen molar-refractivity contribution in [2.75, 3.05) is 39.8 Å². The van der Waals surface area contributed by atoms with E-state index in [-0.39, 0.29) is 24.1 Å². The van der Waals surface area contributed by atoms with Gasteiger partial charge in [-0.1, -0.05) is 37.6 Å². The summed E-state index contributed by atoms with van der Waals surface area (Å²) in [6, 6.07) is 16.7. The van der Waals surface area contributed by atoms with Gasteiger partial charge in [0.15, 0.2) is 0 Å². The van der Waals surface area contributed by atoms with Crippen LogP contribution in [0.5, 0.6) is 5.75 Å². The fraction of sp³-hybridized carbons (Fsp3) is 0.333. The van der Waals surface area contributed by atoms with Crippen LogP contribution in [0.15, 0.2) is 54.6 Å². The Morgan fingerprint density at radius 3 is 2.34 bits per heavy atom. The zero-order valence-electron chi connectivity index (χ0n) is 20.1. The summed E-state index contributed by atoms with van der Waals surface area (Å²) < 4.78 is 5.39. The first kappa shape index (κ1) is 24.2. The number of pyridine rings is 1. The van der Waals surface area contributed by atoms with Crippen LogP contribution in [-0.2, 0) is 11.2 Å². The predicted octanol–water partition coefficient (Wildman–Crippen LogP) is 2.91. The number of benzene rings is 2. The number of hydrogen-bond donors (Lipinski definition) is 1. The van der Waals surface area contributed by atoms with Gasteiger partial charge in [0, 0.05) is 43.2 Å². The van der Waals surface area contributed by atoms with Gasteiger partial charge in [0.05, 0.1) is 19.2 Å². The minimum atomic E-state index is -0.442. The van der Waals surface area contributed by atoms with Crippen LogP contribution in [0.1, 0.15) is 39.8 Å². The molecule has 1 aromatic heterocycles. The quantitative estimate of drug-likeness (QED) is 0.569. The zero-order valence-corrected chi connectivity index (χ0v) is 20.1. The molecule has 0 unspecified atom stereocenters. The fourth-order valence-corrected chi connectivity index (χ4v) is 4.23. The molecule has 0 spiro atoms. The third-order valence-corrected chi connectivity index (χ3v) is 6.19. The number of nitrogens with one attached hydrogen (secondary N) is 1. The van der Waals surface area contributed by atoms with E-state index in [4.69, 9.17) is 4.74 Å². The van der Waals surface area contributed by atoms with E-state index in [1.807, 2.05) is 42.5 Å². The molecule has 0 radical (unpaired) electrons. The predicted molar refractivity (Wildman–Crippen MR) is 134 cm³/mol. The zero-order chi connectivity index (χ0) is 24.8. The van der Waals surface area contributed by atoms with Crippen LogP contribution in [0, 0.1) is 0 Å². The molecule has 0 saturated carbocycles. The largest absolute Gasteiger partial charge is 0.496 e. The molecule has 0 atom stereocenters. The van der Waals surface area contributed by atoms with Crippen molar-refractivity contribution in [2.45, 2.75) is 19.8 Å². The highest BCUT2D eigenvalue weighted by Crippen LogP contribution is 2.24. The SMILES string of the molecule is CCCc1ccc(C(=O)N2CCN(C(=O)CNC(=O)c3cc(OC)c4ccccc4n3)CC2)cc1. The third-order valence-electron chi connectivity index (χ3n) is 6.19. The summed E-state index contributed by atoms with van der Waals surface area (Å²) >= 11 is 0.